The molecule has 3 heterocycles. The third-order valence-corrected chi connectivity index (χ3v) is 19.3. The van der Waals surface area contributed by atoms with Crippen molar-refractivity contribution in [2.45, 2.75) is 165 Å². The van der Waals surface area contributed by atoms with Crippen molar-refractivity contribution >= 4 is 0 Å². The minimum absolute atomic E-state index is 0.0104. The Morgan fingerprint density at radius 3 is 0.736 bits per heavy atom. The lowest BCUT2D eigenvalue weighted by Crippen LogP contribution is -2.68. The summed E-state index contributed by atoms with van der Waals surface area (Å²) < 4.78 is 117. The van der Waals surface area contributed by atoms with E-state index >= 15 is 0 Å². The second kappa shape index (κ2) is 43.5. The fraction of sp³-hybridized carbons (Fsp3) is 0.341. The Morgan fingerprint density at radius 2 is 0.464 bits per heavy atom. The van der Waals surface area contributed by atoms with Gasteiger partial charge in [-0.15, -0.1) is 0 Å². The summed E-state index contributed by atoms with van der Waals surface area (Å²) >= 11 is 0. The molecule has 3 aliphatic rings. The fourth-order valence-electron chi connectivity index (χ4n) is 13.7. The second-order valence-corrected chi connectivity index (χ2v) is 27.3. The highest BCUT2D eigenvalue weighted by molar-refractivity contribution is 5.22. The maximum absolute atomic E-state index is 9.30. The van der Waals surface area contributed by atoms with E-state index < -0.39 is 92.1 Å². The average Bonchev–Trinajstić information content (AvgIpc) is 0.760. The number of hydrogen-bond donors (Lipinski definition) is 0. The van der Waals surface area contributed by atoms with Crippen LogP contribution in [0.1, 0.15) is 62.1 Å². The van der Waals surface area contributed by atoms with E-state index in [-0.39, 0.29) is 99.0 Å². The highest BCUT2D eigenvalue weighted by Crippen LogP contribution is 2.40. The topological polar surface area (TPSA) is 196 Å². The molecule has 3 aliphatic heterocycles. The Hall–Kier alpha value is -9.13. The van der Waals surface area contributed by atoms with Gasteiger partial charge in [0.05, 0.1) is 85.9 Å². The van der Waals surface area contributed by atoms with Gasteiger partial charge in [0.1, 0.15) is 73.2 Å². The van der Waals surface area contributed by atoms with Gasteiger partial charge in [0.25, 0.3) is 0 Å². The normalized spacial score (nSPS) is 23.9. The molecule has 0 N–H and O–H groups in total. The quantitative estimate of drug-likeness (QED) is 0.0151. The summed E-state index contributed by atoms with van der Waals surface area (Å²) in [6.07, 6.45) is -15.1. The fourth-order valence-corrected chi connectivity index (χ4v) is 13.7. The molecule has 0 bridgehead atoms. The van der Waals surface area contributed by atoms with Gasteiger partial charge >= 0.3 is 0 Å². The van der Waals surface area contributed by atoms with Crippen molar-refractivity contribution in [3.63, 3.8) is 0 Å². The lowest BCUT2D eigenvalue weighted by atomic mass is 9.95. The largest absolute Gasteiger partial charge is 0.374 e. The highest BCUT2D eigenvalue weighted by atomic mass is 16.8. The standard InChI is InChI=1S/C91H97N3O16/c92-94-93-52-31-53-98-89-86(103-61-74-46-25-8-26-47-74)84(101-59-72-42-21-6-22-43-72)81(78(106-89)65-96-55-68-34-13-2-14-35-68)109-91-88(105-63-76-50-29-10-30-51-76)85(102-60-73-44-23-7-24-45-73)82(79(108-91)66-97-56-69-36-15-3-16-37-69)110-90-87(104-62-75-48-27-9-28-49-75)83(100-58-71-40-19-5-20-41-71)80(99-57-70-38-17-4-18-39-70)77(107-90)64-95-54-67-32-11-1-12-33-67/h1-30,32-51,77-91H,31,52-66H2/t77-,78-,79-,80+,81-,82+,83+,84+,85+,86-,87-,88-,89-,90-,91+/m1/s1. The number of hydrogen-bond acceptors (Lipinski definition) is 17. The number of azide groups is 1. The molecule has 13 rings (SSSR count). The molecule has 572 valence electrons. The molecular formula is C91H97N3O16. The van der Waals surface area contributed by atoms with E-state index in [0.717, 1.165) is 55.6 Å². The van der Waals surface area contributed by atoms with Crippen molar-refractivity contribution in [3.8, 4) is 0 Å². The summed E-state index contributed by atoms with van der Waals surface area (Å²) in [7, 11) is 0. The number of rotatable bonds is 42. The van der Waals surface area contributed by atoms with Crippen LogP contribution in [0, 0.1) is 0 Å². The van der Waals surface area contributed by atoms with E-state index in [0.29, 0.717) is 6.42 Å². The Labute approximate surface area is 644 Å². The van der Waals surface area contributed by atoms with Crippen LogP contribution in [0.25, 0.3) is 10.4 Å². The maximum atomic E-state index is 9.30. The van der Waals surface area contributed by atoms with Gasteiger partial charge in [-0.05, 0) is 67.6 Å². The molecule has 0 amide bonds. The molecule has 19 heteroatoms. The van der Waals surface area contributed by atoms with Crippen molar-refractivity contribution in [2.75, 3.05) is 33.0 Å². The van der Waals surface area contributed by atoms with Crippen LogP contribution in [0.3, 0.4) is 0 Å². The van der Waals surface area contributed by atoms with E-state index in [1.807, 2.05) is 303 Å². The Kier molecular flexibility index (Phi) is 31.2. The first kappa shape index (κ1) is 79.0. The first-order chi connectivity index (χ1) is 54.5. The SMILES string of the molecule is [N-]=[N+]=NCCCO[C@@H]1O[C@H](COCc2ccccc2)[C@@H](O[C@@H]2O[C@H](COCc3ccccc3)[C@H](O[C@H]3O[C@H](COCc4ccccc4)[C@H](OCc4ccccc4)[C@H](OCc4ccccc4)[C@H]3OCc3ccccc3)[C@H](OCc3ccccc3)[C@H]2OCc2ccccc2)[C@H](OCc2ccccc2)[C@H]1OCc1ccccc1. The van der Waals surface area contributed by atoms with Crippen LogP contribution in [0.15, 0.2) is 308 Å². The number of ether oxygens (including phenoxy) is 16. The van der Waals surface area contributed by atoms with Crippen LogP contribution in [0.5, 0.6) is 0 Å². The zero-order valence-electron chi connectivity index (χ0n) is 61.7. The zero-order chi connectivity index (χ0) is 74.8. The van der Waals surface area contributed by atoms with Gasteiger partial charge in [-0.2, -0.15) is 0 Å². The van der Waals surface area contributed by atoms with Crippen LogP contribution in [-0.4, -0.2) is 125 Å². The van der Waals surface area contributed by atoms with Crippen molar-refractivity contribution in [2.24, 2.45) is 5.11 Å². The molecular weight excluding hydrogens is 1390 g/mol. The minimum atomic E-state index is -1.33. The van der Waals surface area contributed by atoms with Crippen molar-refractivity contribution < 1.29 is 75.8 Å². The third kappa shape index (κ3) is 23.9. The van der Waals surface area contributed by atoms with Crippen molar-refractivity contribution in [1.82, 2.24) is 0 Å². The third-order valence-electron chi connectivity index (χ3n) is 19.3. The molecule has 0 spiro atoms. The average molecular weight is 1490 g/mol. The van der Waals surface area contributed by atoms with Crippen LogP contribution in [0.4, 0.5) is 0 Å². The Bertz CT molecular complexity index is 4200. The van der Waals surface area contributed by atoms with Gasteiger partial charge in [-0.1, -0.05) is 308 Å². The monoisotopic (exact) mass is 1490 g/mol. The van der Waals surface area contributed by atoms with Gasteiger partial charge < -0.3 is 75.8 Å². The van der Waals surface area contributed by atoms with E-state index in [2.05, 4.69) is 10.0 Å². The van der Waals surface area contributed by atoms with Crippen LogP contribution < -0.4 is 0 Å². The molecule has 110 heavy (non-hydrogen) atoms. The van der Waals surface area contributed by atoms with Crippen molar-refractivity contribution in [3.05, 3.63) is 369 Å². The van der Waals surface area contributed by atoms with Gasteiger partial charge in [0.15, 0.2) is 18.9 Å². The Balaban J connectivity index is 0.942. The summed E-state index contributed by atoms with van der Waals surface area (Å²) in [4.78, 5) is 3.00. The van der Waals surface area contributed by atoms with Crippen LogP contribution in [-0.2, 0) is 142 Å². The molecule has 0 saturated carbocycles. The molecule has 15 atom stereocenters. The van der Waals surface area contributed by atoms with Crippen LogP contribution >= 0.6 is 0 Å². The van der Waals surface area contributed by atoms with Gasteiger partial charge in [-0.25, -0.2) is 0 Å². The molecule has 0 aromatic heterocycles. The summed E-state index contributed by atoms with van der Waals surface area (Å²) in [6, 6.07) is 99.7. The Morgan fingerprint density at radius 1 is 0.245 bits per heavy atom. The van der Waals surface area contributed by atoms with Gasteiger partial charge in [0, 0.05) is 18.1 Å². The molecule has 19 nitrogen and oxygen atoms in total. The van der Waals surface area contributed by atoms with Gasteiger partial charge in [0.2, 0.25) is 0 Å². The van der Waals surface area contributed by atoms with E-state index in [4.69, 9.17) is 75.8 Å². The maximum Gasteiger partial charge on any atom is 0.187 e. The predicted octanol–water partition coefficient (Wildman–Crippen LogP) is 16.4. The van der Waals surface area contributed by atoms with Gasteiger partial charge in [-0.3, -0.25) is 0 Å². The molecule has 0 aliphatic carbocycles. The van der Waals surface area contributed by atoms with E-state index in [1.54, 1.807) is 0 Å². The second-order valence-electron chi connectivity index (χ2n) is 27.3. The first-order valence-corrected chi connectivity index (χ1v) is 37.9. The summed E-state index contributed by atoms with van der Waals surface area (Å²) in [6.45, 7) is 2.07. The minimum Gasteiger partial charge on any atom is -0.374 e. The lowest BCUT2D eigenvalue weighted by Gasteiger charge is -2.52. The number of nitrogens with zero attached hydrogens (tertiary/aromatic N) is 3. The molecule has 3 saturated heterocycles. The zero-order valence-corrected chi connectivity index (χ0v) is 61.7. The van der Waals surface area contributed by atoms with Crippen molar-refractivity contribution in [1.29, 1.82) is 0 Å². The smallest absolute Gasteiger partial charge is 0.187 e. The molecule has 0 radical (unpaired) electrons. The summed E-state index contributed by atoms with van der Waals surface area (Å²) in [5, 5.41) is 3.81. The van der Waals surface area contributed by atoms with E-state index in [1.165, 1.54) is 0 Å². The summed E-state index contributed by atoms with van der Waals surface area (Å²) in [5.41, 5.74) is 18.5. The first-order valence-electron chi connectivity index (χ1n) is 37.9. The molecule has 10 aromatic rings. The van der Waals surface area contributed by atoms with E-state index in [9.17, 15) is 5.53 Å². The molecule has 3 fully saturated rings. The highest BCUT2D eigenvalue weighted by Gasteiger charge is 2.57. The summed E-state index contributed by atoms with van der Waals surface area (Å²) in [5.74, 6) is 0. The molecule has 0 unspecified atom stereocenters. The molecule has 10 aromatic carbocycles. The number of benzene rings is 10. The lowest BCUT2D eigenvalue weighted by molar-refractivity contribution is -0.395. The van der Waals surface area contributed by atoms with Crippen LogP contribution in [0.2, 0.25) is 0 Å². The predicted molar refractivity (Wildman–Crippen MR) is 414 cm³/mol.